The summed E-state index contributed by atoms with van der Waals surface area (Å²) in [6, 6.07) is 17.6. The summed E-state index contributed by atoms with van der Waals surface area (Å²) in [6.45, 7) is 1.91. The van der Waals surface area contributed by atoms with Crippen LogP contribution in [-0.4, -0.2) is 32.5 Å². The van der Waals surface area contributed by atoms with E-state index < -0.39 is 5.97 Å². The van der Waals surface area contributed by atoms with Gasteiger partial charge in [-0.2, -0.15) is 0 Å². The first-order chi connectivity index (χ1) is 13.2. The predicted octanol–water partition coefficient (Wildman–Crippen LogP) is 4.18. The SMILES string of the molecule is O=C(O)c1ccccc1-c1ccc(CN2CCCC2c2ccncn2)cc1. The highest BCUT2D eigenvalue weighted by atomic mass is 16.4. The Morgan fingerprint density at radius 1 is 1.11 bits per heavy atom. The molecule has 1 unspecified atom stereocenters. The van der Waals surface area contributed by atoms with Gasteiger partial charge in [0, 0.05) is 12.7 Å². The molecule has 136 valence electrons. The Morgan fingerprint density at radius 2 is 1.93 bits per heavy atom. The Balaban J connectivity index is 1.53. The molecule has 0 amide bonds. The first kappa shape index (κ1) is 17.4. The van der Waals surface area contributed by atoms with Crippen LogP contribution in [0.3, 0.4) is 0 Å². The van der Waals surface area contributed by atoms with Gasteiger partial charge in [0.2, 0.25) is 0 Å². The highest BCUT2D eigenvalue weighted by molar-refractivity contribution is 5.95. The third kappa shape index (κ3) is 3.73. The van der Waals surface area contributed by atoms with Crippen molar-refractivity contribution in [1.29, 1.82) is 0 Å². The molecule has 5 heteroatoms. The summed E-state index contributed by atoms with van der Waals surface area (Å²) in [7, 11) is 0. The smallest absolute Gasteiger partial charge is 0.336 e. The van der Waals surface area contributed by atoms with Gasteiger partial charge in [0.1, 0.15) is 6.33 Å². The molecule has 27 heavy (non-hydrogen) atoms. The maximum absolute atomic E-state index is 11.4. The van der Waals surface area contributed by atoms with Crippen molar-refractivity contribution in [3.63, 3.8) is 0 Å². The number of benzene rings is 2. The summed E-state index contributed by atoms with van der Waals surface area (Å²) in [6.07, 6.45) is 5.69. The molecule has 1 aliphatic rings. The Hall–Kier alpha value is -3.05. The molecule has 1 aromatic heterocycles. The molecule has 5 nitrogen and oxygen atoms in total. The Morgan fingerprint density at radius 3 is 2.67 bits per heavy atom. The topological polar surface area (TPSA) is 66.3 Å². The zero-order chi connectivity index (χ0) is 18.6. The van der Waals surface area contributed by atoms with Gasteiger partial charge in [0.25, 0.3) is 0 Å². The van der Waals surface area contributed by atoms with Crippen molar-refractivity contribution in [3.8, 4) is 11.1 Å². The van der Waals surface area contributed by atoms with Crippen molar-refractivity contribution in [2.75, 3.05) is 6.54 Å². The van der Waals surface area contributed by atoms with Gasteiger partial charge in [0.15, 0.2) is 0 Å². The van der Waals surface area contributed by atoms with E-state index in [0.29, 0.717) is 11.6 Å². The minimum Gasteiger partial charge on any atom is -0.478 e. The van der Waals surface area contributed by atoms with Crippen LogP contribution in [0.1, 0.15) is 40.5 Å². The minimum absolute atomic E-state index is 0.327. The Labute approximate surface area is 158 Å². The lowest BCUT2D eigenvalue weighted by atomic mass is 9.98. The molecular formula is C22H21N3O2. The van der Waals surface area contributed by atoms with Crippen LogP contribution in [0.5, 0.6) is 0 Å². The van der Waals surface area contributed by atoms with Crippen LogP contribution >= 0.6 is 0 Å². The van der Waals surface area contributed by atoms with Crippen molar-refractivity contribution in [1.82, 2.24) is 14.9 Å². The lowest BCUT2D eigenvalue weighted by molar-refractivity contribution is 0.0697. The molecule has 1 atom stereocenters. The van der Waals surface area contributed by atoms with E-state index in [9.17, 15) is 9.90 Å². The molecule has 1 N–H and O–H groups in total. The third-order valence-corrected chi connectivity index (χ3v) is 5.12. The maximum Gasteiger partial charge on any atom is 0.336 e. The van der Waals surface area contributed by atoms with Crippen molar-refractivity contribution < 1.29 is 9.90 Å². The molecule has 1 fully saturated rings. The second-order valence-corrected chi connectivity index (χ2v) is 6.81. The molecule has 0 bridgehead atoms. The fourth-order valence-corrected chi connectivity index (χ4v) is 3.79. The summed E-state index contributed by atoms with van der Waals surface area (Å²) in [4.78, 5) is 22.3. The lowest BCUT2D eigenvalue weighted by Gasteiger charge is -2.24. The zero-order valence-electron chi connectivity index (χ0n) is 15.0. The third-order valence-electron chi connectivity index (χ3n) is 5.12. The lowest BCUT2D eigenvalue weighted by Crippen LogP contribution is -2.23. The van der Waals surface area contributed by atoms with Gasteiger partial charge < -0.3 is 5.11 Å². The fourth-order valence-electron chi connectivity index (χ4n) is 3.79. The summed E-state index contributed by atoms with van der Waals surface area (Å²) < 4.78 is 0. The molecule has 0 saturated carbocycles. The number of aromatic nitrogens is 2. The van der Waals surface area contributed by atoms with E-state index >= 15 is 0 Å². The molecule has 2 aromatic carbocycles. The number of nitrogens with zero attached hydrogens (tertiary/aromatic N) is 3. The van der Waals surface area contributed by atoms with Gasteiger partial charge in [0.05, 0.1) is 17.3 Å². The molecule has 1 saturated heterocycles. The normalized spacial score (nSPS) is 17.1. The maximum atomic E-state index is 11.4. The Kier molecular flexibility index (Phi) is 4.94. The van der Waals surface area contributed by atoms with Crippen LogP contribution in [0.2, 0.25) is 0 Å². The van der Waals surface area contributed by atoms with Gasteiger partial charge in [-0.05, 0) is 48.2 Å². The van der Waals surface area contributed by atoms with E-state index in [1.807, 2.05) is 30.3 Å². The predicted molar refractivity (Wildman–Crippen MR) is 103 cm³/mol. The van der Waals surface area contributed by atoms with Crippen molar-refractivity contribution >= 4 is 5.97 Å². The number of carboxylic acids is 1. The van der Waals surface area contributed by atoms with Crippen LogP contribution in [0.15, 0.2) is 67.1 Å². The van der Waals surface area contributed by atoms with Crippen LogP contribution in [-0.2, 0) is 6.54 Å². The van der Waals surface area contributed by atoms with Gasteiger partial charge >= 0.3 is 5.97 Å². The first-order valence-corrected chi connectivity index (χ1v) is 9.14. The number of aromatic carboxylic acids is 1. The fraction of sp³-hybridized carbons (Fsp3) is 0.227. The van der Waals surface area contributed by atoms with E-state index in [0.717, 1.165) is 36.3 Å². The van der Waals surface area contributed by atoms with Gasteiger partial charge in [-0.3, -0.25) is 4.90 Å². The summed E-state index contributed by atoms with van der Waals surface area (Å²) in [5.41, 5.74) is 4.29. The number of carbonyl (C=O) groups is 1. The molecule has 2 heterocycles. The second-order valence-electron chi connectivity index (χ2n) is 6.81. The van der Waals surface area contributed by atoms with Crippen molar-refractivity contribution in [3.05, 3.63) is 83.9 Å². The minimum atomic E-state index is -0.903. The number of hydrogen-bond acceptors (Lipinski definition) is 4. The molecule has 0 spiro atoms. The Bertz CT molecular complexity index is 926. The number of hydrogen-bond donors (Lipinski definition) is 1. The van der Waals surface area contributed by atoms with E-state index in [-0.39, 0.29) is 0 Å². The number of carboxylic acid groups (broad SMARTS) is 1. The molecule has 0 aliphatic carbocycles. The summed E-state index contributed by atoms with van der Waals surface area (Å²) >= 11 is 0. The van der Waals surface area contributed by atoms with Crippen LogP contribution in [0.4, 0.5) is 0 Å². The highest BCUT2D eigenvalue weighted by Gasteiger charge is 2.26. The van der Waals surface area contributed by atoms with Crippen molar-refractivity contribution in [2.24, 2.45) is 0 Å². The molecule has 1 aliphatic heterocycles. The zero-order valence-corrected chi connectivity index (χ0v) is 15.0. The van der Waals surface area contributed by atoms with E-state index in [1.54, 1.807) is 24.7 Å². The molecule has 0 radical (unpaired) electrons. The molecule has 3 aromatic rings. The van der Waals surface area contributed by atoms with Crippen LogP contribution < -0.4 is 0 Å². The summed E-state index contributed by atoms with van der Waals surface area (Å²) in [5, 5.41) is 9.39. The van der Waals surface area contributed by atoms with Crippen LogP contribution in [0, 0.1) is 0 Å². The number of likely N-dealkylation sites (tertiary alicyclic amines) is 1. The second kappa shape index (κ2) is 7.68. The van der Waals surface area contributed by atoms with E-state index in [4.69, 9.17) is 0 Å². The average Bonchev–Trinajstić information content (AvgIpc) is 3.17. The monoisotopic (exact) mass is 359 g/mol. The van der Waals surface area contributed by atoms with E-state index in [2.05, 4.69) is 27.0 Å². The standard InChI is InChI=1S/C22H21N3O2/c26-22(27)19-5-2-1-4-18(19)17-9-7-16(8-10-17)14-25-13-3-6-21(25)20-11-12-23-15-24-20/h1-2,4-5,7-12,15,21H,3,6,13-14H2,(H,26,27). The largest absolute Gasteiger partial charge is 0.478 e. The van der Waals surface area contributed by atoms with Gasteiger partial charge in [-0.25, -0.2) is 14.8 Å². The molecule has 4 rings (SSSR count). The average molecular weight is 359 g/mol. The quantitative estimate of drug-likeness (QED) is 0.740. The summed E-state index contributed by atoms with van der Waals surface area (Å²) in [5.74, 6) is -0.903. The van der Waals surface area contributed by atoms with Gasteiger partial charge in [-0.15, -0.1) is 0 Å². The molecular weight excluding hydrogens is 338 g/mol. The highest BCUT2D eigenvalue weighted by Crippen LogP contribution is 2.32. The first-order valence-electron chi connectivity index (χ1n) is 9.14. The van der Waals surface area contributed by atoms with Crippen molar-refractivity contribution in [2.45, 2.75) is 25.4 Å². The van der Waals surface area contributed by atoms with Crippen LogP contribution in [0.25, 0.3) is 11.1 Å². The van der Waals surface area contributed by atoms with Gasteiger partial charge in [-0.1, -0.05) is 42.5 Å². The van der Waals surface area contributed by atoms with E-state index in [1.165, 1.54) is 12.0 Å². The number of rotatable bonds is 5.